The highest BCUT2D eigenvalue weighted by Gasteiger charge is 2.36. The van der Waals surface area contributed by atoms with Crippen LogP contribution in [0.3, 0.4) is 0 Å². The van der Waals surface area contributed by atoms with E-state index in [4.69, 9.17) is 9.47 Å². The number of para-hydroxylation sites is 1. The van der Waals surface area contributed by atoms with E-state index >= 15 is 0 Å². The van der Waals surface area contributed by atoms with Gasteiger partial charge < -0.3 is 19.7 Å². The Bertz CT molecular complexity index is 1390. The Morgan fingerprint density at radius 3 is 2.33 bits per heavy atom. The minimum absolute atomic E-state index is 0.0748. The van der Waals surface area contributed by atoms with E-state index in [1.54, 1.807) is 10.9 Å². The summed E-state index contributed by atoms with van der Waals surface area (Å²) in [7, 11) is 0. The minimum Gasteiger partial charge on any atom is -0.477 e. The Labute approximate surface area is 228 Å². The van der Waals surface area contributed by atoms with Gasteiger partial charge in [-0.3, -0.25) is 5.32 Å². The first kappa shape index (κ1) is 26.1. The number of hydrogen-bond acceptors (Lipinski definition) is 6. The van der Waals surface area contributed by atoms with Gasteiger partial charge in [-0.25, -0.2) is 14.5 Å². The molecule has 0 aliphatic carbocycles. The molecule has 1 aliphatic rings. The largest absolute Gasteiger partial charge is 0.477 e. The van der Waals surface area contributed by atoms with Crippen LogP contribution in [0.1, 0.15) is 30.9 Å². The molecule has 1 saturated heterocycles. The summed E-state index contributed by atoms with van der Waals surface area (Å²) in [6.45, 7) is 8.10. The second kappa shape index (κ2) is 11.9. The van der Waals surface area contributed by atoms with Crippen LogP contribution in [0.4, 0.5) is 16.3 Å². The van der Waals surface area contributed by atoms with Gasteiger partial charge in [-0.2, -0.15) is 0 Å². The van der Waals surface area contributed by atoms with Gasteiger partial charge in [-0.05, 0) is 50.6 Å². The lowest BCUT2D eigenvalue weighted by Crippen LogP contribution is -2.42. The number of carbonyl (C=O) groups excluding carboxylic acids is 1. The number of pyridine rings is 1. The lowest BCUT2D eigenvalue weighted by atomic mass is 9.94. The Kier molecular flexibility index (Phi) is 7.96. The van der Waals surface area contributed by atoms with E-state index in [0.717, 1.165) is 29.0 Å². The molecule has 1 aliphatic heterocycles. The molecular formula is C30H34N6O3. The van der Waals surface area contributed by atoms with Gasteiger partial charge in [0.25, 0.3) is 0 Å². The minimum atomic E-state index is -0.303. The van der Waals surface area contributed by atoms with Crippen LogP contribution >= 0.6 is 0 Å². The summed E-state index contributed by atoms with van der Waals surface area (Å²) in [6, 6.07) is 23.4. The first-order chi connectivity index (χ1) is 19.1. The smallest absolute Gasteiger partial charge is 0.320 e. The highest BCUT2D eigenvalue weighted by Crippen LogP contribution is 2.35. The lowest BCUT2D eigenvalue weighted by Gasteiger charge is -2.21. The fourth-order valence-electron chi connectivity index (χ4n) is 5.02. The third kappa shape index (κ3) is 5.67. The molecule has 2 N–H and O–H groups in total. The third-order valence-corrected chi connectivity index (χ3v) is 6.83. The number of aromatic nitrogens is 3. The van der Waals surface area contributed by atoms with E-state index < -0.39 is 0 Å². The van der Waals surface area contributed by atoms with Crippen molar-refractivity contribution >= 4 is 17.5 Å². The van der Waals surface area contributed by atoms with Crippen LogP contribution in [0.2, 0.25) is 0 Å². The number of nitrogens with one attached hydrogen (secondary N) is 2. The quantitative estimate of drug-likeness (QED) is 0.313. The van der Waals surface area contributed by atoms with E-state index in [2.05, 4.69) is 37.7 Å². The zero-order valence-corrected chi connectivity index (χ0v) is 22.5. The van der Waals surface area contributed by atoms with Gasteiger partial charge in [0.1, 0.15) is 5.82 Å². The van der Waals surface area contributed by atoms with Crippen LogP contribution < -0.4 is 25.0 Å². The average Bonchev–Trinajstić information content (AvgIpc) is 3.51. The van der Waals surface area contributed by atoms with Crippen LogP contribution in [0, 0.1) is 6.92 Å². The summed E-state index contributed by atoms with van der Waals surface area (Å²) in [6.07, 6.45) is 1.73. The van der Waals surface area contributed by atoms with Crippen molar-refractivity contribution in [3.63, 3.8) is 0 Å². The number of nitrogens with zero attached hydrogens (tertiary/aromatic N) is 4. The van der Waals surface area contributed by atoms with Crippen LogP contribution in [-0.2, 0) is 0 Å². The summed E-state index contributed by atoms with van der Waals surface area (Å²) >= 11 is 0. The highest BCUT2D eigenvalue weighted by atomic mass is 16.5. The van der Waals surface area contributed by atoms with Crippen molar-refractivity contribution in [1.82, 2.24) is 20.1 Å². The Morgan fingerprint density at radius 1 is 0.923 bits per heavy atom. The van der Waals surface area contributed by atoms with Gasteiger partial charge in [0.15, 0.2) is 0 Å². The normalized spacial score (nSPS) is 16.6. The van der Waals surface area contributed by atoms with Crippen molar-refractivity contribution in [3.8, 4) is 17.4 Å². The maximum atomic E-state index is 13.5. The third-order valence-electron chi connectivity index (χ3n) is 6.83. The Hall–Kier alpha value is -4.53. The first-order valence-electron chi connectivity index (χ1n) is 13.3. The molecule has 2 aromatic carbocycles. The number of urea groups is 1. The van der Waals surface area contributed by atoms with Crippen molar-refractivity contribution in [2.75, 3.05) is 36.5 Å². The molecule has 9 heteroatoms. The highest BCUT2D eigenvalue weighted by molar-refractivity contribution is 5.90. The molecule has 39 heavy (non-hydrogen) atoms. The Balaban J connectivity index is 1.41. The van der Waals surface area contributed by atoms with Crippen LogP contribution in [-0.4, -0.2) is 53.1 Å². The molecule has 2 atom stereocenters. The van der Waals surface area contributed by atoms with Gasteiger partial charge in [0.05, 0.1) is 36.2 Å². The number of carbonyl (C=O) groups is 1. The van der Waals surface area contributed by atoms with Gasteiger partial charge >= 0.3 is 6.03 Å². The second-order valence-corrected chi connectivity index (χ2v) is 9.35. The van der Waals surface area contributed by atoms with Crippen molar-refractivity contribution in [2.24, 2.45) is 0 Å². The number of ether oxygens (including phenoxy) is 2. The zero-order chi connectivity index (χ0) is 27.2. The van der Waals surface area contributed by atoms with Gasteiger partial charge in [0.2, 0.25) is 11.8 Å². The molecule has 2 aromatic heterocycles. The summed E-state index contributed by atoms with van der Waals surface area (Å²) in [5.74, 6) is 1.73. The van der Waals surface area contributed by atoms with Crippen LogP contribution in [0.15, 0.2) is 79.0 Å². The molecule has 2 unspecified atom stereocenters. The molecule has 9 nitrogen and oxygen atoms in total. The predicted molar refractivity (Wildman–Crippen MR) is 152 cm³/mol. The van der Waals surface area contributed by atoms with E-state index in [0.29, 0.717) is 37.3 Å². The summed E-state index contributed by atoms with van der Waals surface area (Å²) in [5.41, 5.74) is 3.68. The number of benzene rings is 2. The zero-order valence-electron chi connectivity index (χ0n) is 22.5. The average molecular weight is 527 g/mol. The maximum Gasteiger partial charge on any atom is 0.320 e. The molecule has 2 amide bonds. The van der Waals surface area contributed by atoms with Gasteiger partial charge in [0, 0.05) is 25.2 Å². The van der Waals surface area contributed by atoms with Crippen molar-refractivity contribution in [1.29, 1.82) is 0 Å². The molecule has 5 rings (SSSR count). The molecular weight excluding hydrogens is 492 g/mol. The van der Waals surface area contributed by atoms with Crippen molar-refractivity contribution < 1.29 is 14.3 Å². The summed E-state index contributed by atoms with van der Waals surface area (Å²) in [4.78, 5) is 20.2. The molecule has 1 fully saturated rings. The van der Waals surface area contributed by atoms with E-state index in [-0.39, 0.29) is 18.0 Å². The molecule has 0 spiro atoms. The van der Waals surface area contributed by atoms with Crippen LogP contribution in [0.5, 0.6) is 11.8 Å². The lowest BCUT2D eigenvalue weighted by molar-refractivity contribution is 0.248. The standard InChI is InChI=1S/C30H34N6O3/c1-4-38-28-21(3)27(36(34-28)23-15-10-7-11-16-23)33-30(37)32-25-20-35(19-24(25)22-13-8-6-9-14-22)26-17-12-18-31-29(26)39-5-2/h6-18,24-25H,4-5,19-20H2,1-3H3,(H2,32,33,37). The van der Waals surface area contributed by atoms with Crippen LogP contribution in [0.25, 0.3) is 5.69 Å². The van der Waals surface area contributed by atoms with Crippen molar-refractivity contribution in [3.05, 3.63) is 90.1 Å². The van der Waals surface area contributed by atoms with E-state index in [1.807, 2.05) is 81.4 Å². The fraction of sp³-hybridized carbons (Fsp3) is 0.300. The van der Waals surface area contributed by atoms with Gasteiger partial charge in [-0.1, -0.05) is 48.5 Å². The molecule has 0 bridgehead atoms. The molecule has 202 valence electrons. The number of hydrogen-bond donors (Lipinski definition) is 2. The maximum absolute atomic E-state index is 13.5. The first-order valence-corrected chi connectivity index (χ1v) is 13.3. The predicted octanol–water partition coefficient (Wildman–Crippen LogP) is 5.17. The SMILES string of the molecule is CCOc1ncccc1N1CC(NC(=O)Nc2c(C)c(OCC)nn2-c2ccccc2)C(c2ccccc2)C1. The second-order valence-electron chi connectivity index (χ2n) is 9.35. The molecule has 0 radical (unpaired) electrons. The fourth-order valence-corrected chi connectivity index (χ4v) is 5.02. The van der Waals surface area contributed by atoms with Gasteiger partial charge in [-0.15, -0.1) is 5.10 Å². The number of anilines is 2. The summed E-state index contributed by atoms with van der Waals surface area (Å²) < 4.78 is 13.2. The topological polar surface area (TPSA) is 93.5 Å². The van der Waals surface area contributed by atoms with E-state index in [1.165, 1.54) is 0 Å². The molecule has 3 heterocycles. The summed E-state index contributed by atoms with van der Waals surface area (Å²) in [5, 5.41) is 10.9. The monoisotopic (exact) mass is 526 g/mol. The van der Waals surface area contributed by atoms with Crippen molar-refractivity contribution in [2.45, 2.75) is 32.7 Å². The van der Waals surface area contributed by atoms with E-state index in [9.17, 15) is 4.79 Å². The Morgan fingerprint density at radius 2 is 1.62 bits per heavy atom. The number of amides is 2. The molecule has 4 aromatic rings. The number of rotatable bonds is 9. The molecule has 0 saturated carbocycles.